The minimum atomic E-state index is 0.465. The molecule has 0 saturated heterocycles. The number of hydrogen-bond donors (Lipinski definition) is 0. The highest BCUT2D eigenvalue weighted by Gasteiger charge is 1.95. The van der Waals surface area contributed by atoms with Gasteiger partial charge in [-0.25, -0.2) is 0 Å². The summed E-state index contributed by atoms with van der Waals surface area (Å²) >= 11 is 0. The first-order valence-electron chi connectivity index (χ1n) is 10.9. The number of methoxy groups -OCH3 is 1. The Bertz CT molecular complexity index is 282. The molecule has 0 atom stereocenters. The molecule has 1 radical (unpaired) electrons. The number of rotatable bonds is 28. The van der Waals surface area contributed by atoms with Gasteiger partial charge >= 0.3 is 0 Å². The fourth-order valence-electron chi connectivity index (χ4n) is 2.00. The SMILES string of the molecule is [CH2]COCCOCCOCCOCCOCCOCCOCCOCCOCCOC. The van der Waals surface area contributed by atoms with Crippen LogP contribution in [-0.2, 0) is 47.4 Å². The lowest BCUT2D eigenvalue weighted by atomic mass is 10.6. The summed E-state index contributed by atoms with van der Waals surface area (Å²) in [6.07, 6.45) is 0. The van der Waals surface area contributed by atoms with Gasteiger partial charge < -0.3 is 47.4 Å². The molecule has 0 aliphatic heterocycles. The maximum atomic E-state index is 5.42. The van der Waals surface area contributed by atoms with Crippen LogP contribution < -0.4 is 0 Å². The lowest BCUT2D eigenvalue weighted by Crippen LogP contribution is -2.15. The van der Waals surface area contributed by atoms with E-state index in [2.05, 4.69) is 6.92 Å². The minimum Gasteiger partial charge on any atom is -0.382 e. The van der Waals surface area contributed by atoms with Crippen molar-refractivity contribution in [2.45, 2.75) is 0 Å². The molecule has 0 amide bonds. The number of hydrogen-bond acceptors (Lipinski definition) is 10. The quantitative estimate of drug-likeness (QED) is 0.156. The Hall–Kier alpha value is -0.400. The van der Waals surface area contributed by atoms with Crippen molar-refractivity contribution in [3.63, 3.8) is 0 Å². The predicted molar refractivity (Wildman–Crippen MR) is 115 cm³/mol. The molecule has 0 aromatic heterocycles. The van der Waals surface area contributed by atoms with Crippen molar-refractivity contribution in [3.8, 4) is 0 Å². The van der Waals surface area contributed by atoms with Gasteiger partial charge in [0.05, 0.1) is 119 Å². The Morgan fingerprint density at radius 2 is 0.516 bits per heavy atom. The third kappa shape index (κ3) is 29.6. The van der Waals surface area contributed by atoms with Crippen molar-refractivity contribution in [1.82, 2.24) is 0 Å². The molecule has 10 heteroatoms. The fraction of sp³-hybridized carbons (Fsp3) is 0.952. The summed E-state index contributed by atoms with van der Waals surface area (Å²) in [7, 11) is 1.65. The Morgan fingerprint density at radius 3 is 0.710 bits per heavy atom. The van der Waals surface area contributed by atoms with Crippen LogP contribution in [0.2, 0.25) is 0 Å². The summed E-state index contributed by atoms with van der Waals surface area (Å²) in [5, 5.41) is 0. The highest BCUT2D eigenvalue weighted by atomic mass is 16.6. The normalized spacial score (nSPS) is 11.4. The summed E-state index contributed by atoms with van der Waals surface area (Å²) in [4.78, 5) is 0. The molecule has 0 heterocycles. The molecule has 187 valence electrons. The summed E-state index contributed by atoms with van der Waals surface area (Å²) < 4.78 is 52.9. The average Bonchev–Trinajstić information content (AvgIpc) is 2.78. The van der Waals surface area contributed by atoms with E-state index < -0.39 is 0 Å². The minimum absolute atomic E-state index is 0.465. The molecule has 10 nitrogen and oxygen atoms in total. The zero-order valence-corrected chi connectivity index (χ0v) is 19.2. The second kappa shape index (κ2) is 29.6. The van der Waals surface area contributed by atoms with Crippen molar-refractivity contribution in [3.05, 3.63) is 6.92 Å². The molecular formula is C21H43O10. The Kier molecular flexibility index (Phi) is 29.2. The molecule has 0 aromatic rings. The second-order valence-corrected chi connectivity index (χ2v) is 6.00. The van der Waals surface area contributed by atoms with Crippen LogP contribution in [0.25, 0.3) is 0 Å². The molecule has 0 saturated carbocycles. The van der Waals surface area contributed by atoms with Gasteiger partial charge in [0.2, 0.25) is 0 Å². The van der Waals surface area contributed by atoms with E-state index in [1.807, 2.05) is 0 Å². The van der Waals surface area contributed by atoms with Gasteiger partial charge in [-0.05, 0) is 6.92 Å². The lowest BCUT2D eigenvalue weighted by molar-refractivity contribution is -0.0255. The summed E-state index contributed by atoms with van der Waals surface area (Å²) in [6, 6.07) is 0. The molecule has 0 rings (SSSR count). The van der Waals surface area contributed by atoms with Crippen molar-refractivity contribution < 1.29 is 47.4 Å². The third-order valence-corrected chi connectivity index (χ3v) is 3.55. The van der Waals surface area contributed by atoms with Crippen LogP contribution in [0.5, 0.6) is 0 Å². The summed E-state index contributed by atoms with van der Waals surface area (Å²) in [6.45, 7) is 13.9. The monoisotopic (exact) mass is 455 g/mol. The molecule has 31 heavy (non-hydrogen) atoms. The molecule has 0 aliphatic rings. The van der Waals surface area contributed by atoms with E-state index >= 15 is 0 Å². The van der Waals surface area contributed by atoms with Crippen LogP contribution in [0.1, 0.15) is 0 Å². The maximum absolute atomic E-state index is 5.42. The van der Waals surface area contributed by atoms with Gasteiger partial charge in [0, 0.05) is 13.7 Å². The third-order valence-electron chi connectivity index (χ3n) is 3.55. The first-order chi connectivity index (χ1) is 15.4. The van der Waals surface area contributed by atoms with Crippen LogP contribution in [0.15, 0.2) is 0 Å². The van der Waals surface area contributed by atoms with Crippen molar-refractivity contribution in [2.24, 2.45) is 0 Å². The fourth-order valence-corrected chi connectivity index (χ4v) is 2.00. The van der Waals surface area contributed by atoms with E-state index in [1.54, 1.807) is 7.11 Å². The van der Waals surface area contributed by atoms with E-state index in [-0.39, 0.29) is 0 Å². The standard InChI is InChI=1S/C21H43O10/c1-3-23-6-7-25-10-11-27-14-15-29-18-19-31-21-20-30-17-16-28-13-12-26-9-8-24-5-4-22-2/h1,3-21H2,2H3. The number of ether oxygens (including phenoxy) is 10. The molecule has 0 N–H and O–H groups in total. The van der Waals surface area contributed by atoms with Gasteiger partial charge in [0.15, 0.2) is 0 Å². The highest BCUT2D eigenvalue weighted by molar-refractivity contribution is 4.38. The van der Waals surface area contributed by atoms with Gasteiger partial charge in [-0.3, -0.25) is 0 Å². The topological polar surface area (TPSA) is 92.3 Å². The largest absolute Gasteiger partial charge is 0.382 e. The van der Waals surface area contributed by atoms with E-state index in [9.17, 15) is 0 Å². The van der Waals surface area contributed by atoms with Crippen LogP contribution in [0.3, 0.4) is 0 Å². The van der Waals surface area contributed by atoms with Gasteiger partial charge in [0.1, 0.15) is 0 Å². The molecule has 0 bridgehead atoms. The van der Waals surface area contributed by atoms with E-state index in [4.69, 9.17) is 47.4 Å². The van der Waals surface area contributed by atoms with Gasteiger partial charge in [0.25, 0.3) is 0 Å². The Morgan fingerprint density at radius 1 is 0.323 bits per heavy atom. The predicted octanol–water partition coefficient (Wildman–Crippen LogP) is 0.616. The van der Waals surface area contributed by atoms with Crippen molar-refractivity contribution in [1.29, 1.82) is 0 Å². The highest BCUT2D eigenvalue weighted by Crippen LogP contribution is 1.86. The molecular weight excluding hydrogens is 412 g/mol. The molecule has 0 spiro atoms. The van der Waals surface area contributed by atoms with E-state index in [0.29, 0.717) is 126 Å². The van der Waals surface area contributed by atoms with Crippen molar-refractivity contribution >= 4 is 0 Å². The summed E-state index contributed by atoms with van der Waals surface area (Å²) in [5.41, 5.74) is 0. The second-order valence-electron chi connectivity index (χ2n) is 6.00. The van der Waals surface area contributed by atoms with E-state index in [1.165, 1.54) is 0 Å². The van der Waals surface area contributed by atoms with Crippen molar-refractivity contribution in [2.75, 3.05) is 133 Å². The summed E-state index contributed by atoms with van der Waals surface area (Å²) in [5.74, 6) is 0. The lowest BCUT2D eigenvalue weighted by Gasteiger charge is -2.08. The Balaban J connectivity index is 2.98. The van der Waals surface area contributed by atoms with Crippen LogP contribution >= 0.6 is 0 Å². The van der Waals surface area contributed by atoms with Gasteiger partial charge in [-0.1, -0.05) is 0 Å². The molecule has 0 aromatic carbocycles. The zero-order chi connectivity index (χ0) is 22.5. The van der Waals surface area contributed by atoms with Crippen LogP contribution in [-0.4, -0.2) is 133 Å². The van der Waals surface area contributed by atoms with Gasteiger partial charge in [-0.15, -0.1) is 0 Å². The first kappa shape index (κ1) is 30.6. The first-order valence-corrected chi connectivity index (χ1v) is 10.9. The van der Waals surface area contributed by atoms with Crippen LogP contribution in [0, 0.1) is 6.92 Å². The maximum Gasteiger partial charge on any atom is 0.0701 e. The smallest absolute Gasteiger partial charge is 0.0701 e. The van der Waals surface area contributed by atoms with Crippen LogP contribution in [0.4, 0.5) is 0 Å². The molecule has 0 unspecified atom stereocenters. The Labute approximate surface area is 187 Å². The zero-order valence-electron chi connectivity index (χ0n) is 19.2. The average molecular weight is 456 g/mol. The molecule has 0 fully saturated rings. The van der Waals surface area contributed by atoms with Gasteiger partial charge in [-0.2, -0.15) is 0 Å². The van der Waals surface area contributed by atoms with E-state index in [0.717, 1.165) is 0 Å². The molecule has 0 aliphatic carbocycles.